The predicted octanol–water partition coefficient (Wildman–Crippen LogP) is 10.9. The summed E-state index contributed by atoms with van der Waals surface area (Å²) in [6.07, 6.45) is 19.8. The van der Waals surface area contributed by atoms with Gasteiger partial charge in [0, 0.05) is 12.1 Å². The highest BCUT2D eigenvalue weighted by Crippen LogP contribution is 2.35. The van der Waals surface area contributed by atoms with E-state index in [1.54, 1.807) is 12.1 Å². The molecule has 0 unspecified atom stereocenters. The fourth-order valence-corrected chi connectivity index (χ4v) is 9.43. The van der Waals surface area contributed by atoms with E-state index in [1.807, 2.05) is 0 Å². The fourth-order valence-electron chi connectivity index (χ4n) is 5.82. The van der Waals surface area contributed by atoms with Gasteiger partial charge in [-0.3, -0.25) is 0 Å². The van der Waals surface area contributed by atoms with Crippen LogP contribution < -0.4 is 18.9 Å². The minimum atomic E-state index is -4.99. The lowest BCUT2D eigenvalue weighted by Crippen LogP contribution is -2.27. The van der Waals surface area contributed by atoms with E-state index >= 15 is 0 Å². The topological polar surface area (TPSA) is 142 Å². The minimum Gasteiger partial charge on any atom is -0.494 e. The molecule has 0 N–H and O–H groups in total. The zero-order chi connectivity index (χ0) is 38.8. The van der Waals surface area contributed by atoms with Gasteiger partial charge in [-0.2, -0.15) is 0 Å². The Morgan fingerprint density at radius 1 is 0.472 bits per heavy atom. The van der Waals surface area contributed by atoms with Crippen molar-refractivity contribution in [3.8, 4) is 23.0 Å². The molecule has 0 aliphatic rings. The van der Waals surface area contributed by atoms with E-state index in [0.29, 0.717) is 26.1 Å². The molecule has 0 aliphatic carbocycles. The Kier molecular flexibility index (Phi) is 23.2. The van der Waals surface area contributed by atoms with Gasteiger partial charge >= 0.3 is 4.38 Å². The molecule has 0 radical (unpaired) electrons. The standard InChI is InChI=1S/C41H66N2O8S2/c1-5-9-13-17-21-29-48-35-25-27-37(50-31-23-19-15-11-7-3)39(33-35)52(44,45)41(43-42)53(46,47)40-34-36(49-30-22-18-14-10-6-2)26-28-38(40)51-32-24-20-16-12-8-4/h25-28,33-34H,5-24,29-32H2,1-4H3. The molecule has 2 rings (SSSR count). The highest BCUT2D eigenvalue weighted by atomic mass is 32.3. The van der Waals surface area contributed by atoms with Gasteiger partial charge in [-0.25, -0.2) is 16.8 Å². The van der Waals surface area contributed by atoms with Gasteiger partial charge < -0.3 is 24.5 Å². The normalized spacial score (nSPS) is 11.6. The second kappa shape index (κ2) is 26.7. The smallest absolute Gasteiger partial charge is 0.494 e. The van der Waals surface area contributed by atoms with Crippen molar-refractivity contribution >= 4 is 24.1 Å². The molecule has 0 fully saturated rings. The van der Waals surface area contributed by atoms with Crippen LogP contribution >= 0.6 is 0 Å². The first kappa shape index (κ1) is 46.1. The molecule has 0 bridgehead atoms. The molecule has 12 heteroatoms. The van der Waals surface area contributed by atoms with E-state index in [9.17, 15) is 22.4 Å². The van der Waals surface area contributed by atoms with Gasteiger partial charge in [0.05, 0.1) is 26.4 Å². The molecule has 53 heavy (non-hydrogen) atoms. The van der Waals surface area contributed by atoms with Crippen LogP contribution in [0.3, 0.4) is 0 Å². The average Bonchev–Trinajstić information content (AvgIpc) is 3.14. The average molecular weight is 779 g/mol. The number of hydrogen-bond acceptors (Lipinski definition) is 8. The molecule has 2 aromatic carbocycles. The Hall–Kier alpha value is -3.08. The van der Waals surface area contributed by atoms with Crippen molar-refractivity contribution in [3.63, 3.8) is 0 Å². The van der Waals surface area contributed by atoms with Gasteiger partial charge in [0.25, 0.3) is 19.7 Å². The van der Waals surface area contributed by atoms with Gasteiger partial charge in [-0.15, -0.1) is 4.79 Å². The Morgan fingerprint density at radius 2 is 0.774 bits per heavy atom. The molecule has 0 aromatic heterocycles. The molecule has 0 heterocycles. The lowest BCUT2D eigenvalue weighted by Gasteiger charge is -2.15. The summed E-state index contributed by atoms with van der Waals surface area (Å²) in [5.74, 6) is 0.391. The summed E-state index contributed by atoms with van der Waals surface area (Å²) in [5.41, 5.74) is 10.2. The van der Waals surface area contributed by atoms with Gasteiger partial charge in [-0.1, -0.05) is 130 Å². The first-order chi connectivity index (χ1) is 25.7. The summed E-state index contributed by atoms with van der Waals surface area (Å²) < 4.78 is 79.7. The van der Waals surface area contributed by atoms with Gasteiger partial charge in [-0.05, 0) is 49.9 Å². The summed E-state index contributed by atoms with van der Waals surface area (Å²) >= 11 is 0. The van der Waals surface area contributed by atoms with Crippen molar-refractivity contribution < 1.29 is 40.6 Å². The fraction of sp³-hybridized carbons (Fsp3) is 0.683. The maximum atomic E-state index is 14.4. The van der Waals surface area contributed by atoms with Crippen LogP contribution in [0.25, 0.3) is 5.53 Å². The highest BCUT2D eigenvalue weighted by Gasteiger charge is 2.47. The van der Waals surface area contributed by atoms with Gasteiger partial charge in [0.1, 0.15) is 32.8 Å². The Balaban J connectivity index is 2.48. The van der Waals surface area contributed by atoms with Crippen molar-refractivity contribution in [2.24, 2.45) is 0 Å². The molecule has 0 saturated carbocycles. The first-order valence-corrected chi connectivity index (χ1v) is 23.1. The number of benzene rings is 2. The largest absolute Gasteiger partial charge is 0.504 e. The summed E-state index contributed by atoms with van der Waals surface area (Å²) in [4.78, 5) is 2.03. The monoisotopic (exact) mass is 778 g/mol. The van der Waals surface area contributed by atoms with Gasteiger partial charge in [0.2, 0.25) is 0 Å². The van der Waals surface area contributed by atoms with E-state index < -0.39 is 33.8 Å². The maximum Gasteiger partial charge on any atom is 0.504 e. The zero-order valence-corrected chi connectivity index (χ0v) is 34.5. The highest BCUT2D eigenvalue weighted by molar-refractivity contribution is 8.31. The minimum absolute atomic E-state index is 0.0455. The second-order valence-corrected chi connectivity index (χ2v) is 17.6. The number of unbranched alkanes of at least 4 members (excludes halogenated alkanes) is 16. The van der Waals surface area contributed by atoms with Crippen LogP contribution in [0.15, 0.2) is 46.2 Å². The molecular formula is C41H66N2O8S2. The molecule has 2 aromatic rings. The van der Waals surface area contributed by atoms with Crippen molar-refractivity contribution in [2.45, 2.75) is 166 Å². The number of sulfone groups is 2. The number of nitrogens with zero attached hydrogens (tertiary/aromatic N) is 2. The van der Waals surface area contributed by atoms with E-state index in [2.05, 4.69) is 32.5 Å². The summed E-state index contributed by atoms with van der Waals surface area (Å²) in [7, 11) is -9.98. The van der Waals surface area contributed by atoms with E-state index in [4.69, 9.17) is 18.9 Å². The molecular weight excluding hydrogens is 713 g/mol. The summed E-state index contributed by atoms with van der Waals surface area (Å²) in [6, 6.07) is 8.65. The number of rotatable bonds is 30. The lowest BCUT2D eigenvalue weighted by atomic mass is 10.2. The van der Waals surface area contributed by atoms with E-state index in [1.165, 1.54) is 24.3 Å². The molecule has 300 valence electrons. The summed E-state index contributed by atoms with van der Waals surface area (Å²) in [5, 5.41) is 0. The van der Waals surface area contributed by atoms with Crippen LogP contribution in [0, 0.1) is 0 Å². The molecule has 0 amide bonds. The number of hydrogen-bond donors (Lipinski definition) is 0. The molecule has 10 nitrogen and oxygen atoms in total. The van der Waals surface area contributed by atoms with Crippen LogP contribution in [0.4, 0.5) is 0 Å². The maximum absolute atomic E-state index is 14.4. The molecule has 0 atom stereocenters. The quantitative estimate of drug-likeness (QED) is 0.0251. The van der Waals surface area contributed by atoms with Crippen molar-refractivity contribution in [3.05, 3.63) is 41.9 Å². The Labute approximate surface area is 320 Å². The predicted molar refractivity (Wildman–Crippen MR) is 213 cm³/mol. The van der Waals surface area contributed by atoms with Crippen molar-refractivity contribution in [1.82, 2.24) is 0 Å². The van der Waals surface area contributed by atoms with Crippen LogP contribution in [-0.2, 0) is 19.7 Å². The van der Waals surface area contributed by atoms with E-state index in [-0.39, 0.29) is 36.2 Å². The van der Waals surface area contributed by atoms with Crippen molar-refractivity contribution in [1.29, 1.82) is 0 Å². The lowest BCUT2D eigenvalue weighted by molar-refractivity contribution is 0.00377. The molecule has 0 aliphatic heterocycles. The summed E-state index contributed by atoms with van der Waals surface area (Å²) in [6.45, 7) is 9.73. The molecule has 0 saturated heterocycles. The second-order valence-electron chi connectivity index (χ2n) is 13.6. The zero-order valence-electron chi connectivity index (χ0n) is 32.9. The number of ether oxygens (including phenoxy) is 4. The van der Waals surface area contributed by atoms with Crippen LogP contribution in [-0.4, -0.2) is 52.4 Å². The van der Waals surface area contributed by atoms with Gasteiger partial charge in [0.15, 0.2) is 0 Å². The first-order valence-electron chi connectivity index (χ1n) is 20.2. The third-order valence-electron chi connectivity index (χ3n) is 8.99. The van der Waals surface area contributed by atoms with E-state index in [0.717, 1.165) is 116 Å². The SMILES string of the molecule is CCCCCCCOc1ccc(OCCCCCCC)c(S(=O)(=O)C(=[N+]=[N-])S(=O)(=O)c2cc(OCCCCCCC)ccc2OCCCCCCC)c1. The Morgan fingerprint density at radius 3 is 1.08 bits per heavy atom. The van der Waals surface area contributed by atoms with Crippen molar-refractivity contribution in [2.75, 3.05) is 26.4 Å². The third kappa shape index (κ3) is 16.4. The van der Waals surface area contributed by atoms with Crippen LogP contribution in [0.1, 0.15) is 156 Å². The van der Waals surface area contributed by atoms with Crippen LogP contribution in [0.5, 0.6) is 23.0 Å². The molecule has 0 spiro atoms. The Bertz CT molecular complexity index is 1480. The third-order valence-corrected chi connectivity index (χ3v) is 13.2. The van der Waals surface area contributed by atoms with Crippen LogP contribution in [0.2, 0.25) is 0 Å².